The molecule has 0 aliphatic rings. The van der Waals surface area contributed by atoms with Crippen molar-refractivity contribution >= 4 is 44.1 Å². The van der Waals surface area contributed by atoms with Crippen LogP contribution in [0.5, 0.6) is 5.75 Å². The summed E-state index contributed by atoms with van der Waals surface area (Å²) < 4.78 is 32.4. The Kier molecular flexibility index (Phi) is 6.16. The predicted octanol–water partition coefficient (Wildman–Crippen LogP) is 5.00. The van der Waals surface area contributed by atoms with E-state index in [4.69, 9.17) is 4.74 Å². The predicted molar refractivity (Wildman–Crippen MR) is 123 cm³/mol. The molecule has 1 amide bonds. The van der Waals surface area contributed by atoms with E-state index in [2.05, 4.69) is 0 Å². The van der Waals surface area contributed by atoms with Crippen LogP contribution < -0.4 is 9.46 Å². The zero-order valence-electron chi connectivity index (χ0n) is 16.4. The summed E-state index contributed by atoms with van der Waals surface area (Å²) in [6.45, 7) is 0.313. The number of amides is 1. The molecule has 31 heavy (non-hydrogen) atoms. The van der Waals surface area contributed by atoms with Gasteiger partial charge in [0.05, 0.1) is 0 Å². The van der Waals surface area contributed by atoms with Gasteiger partial charge in [-0.05, 0) is 51.6 Å². The van der Waals surface area contributed by atoms with Crippen LogP contribution in [0, 0.1) is 0 Å². The van der Waals surface area contributed by atoms with Crippen molar-refractivity contribution in [3.63, 3.8) is 0 Å². The number of hydrogen-bond donors (Lipinski definition) is 1. The van der Waals surface area contributed by atoms with E-state index in [-0.39, 0.29) is 4.21 Å². The van der Waals surface area contributed by atoms with E-state index >= 15 is 0 Å². The quantitative estimate of drug-likeness (QED) is 0.403. The summed E-state index contributed by atoms with van der Waals surface area (Å²) in [6, 6.07) is 24.5. The van der Waals surface area contributed by atoms with E-state index in [1.54, 1.807) is 17.5 Å². The molecule has 1 heterocycles. The van der Waals surface area contributed by atoms with E-state index in [1.807, 2.05) is 71.5 Å². The molecular weight excluding hydrogens is 430 g/mol. The first-order valence-electron chi connectivity index (χ1n) is 9.49. The first-order valence-corrected chi connectivity index (χ1v) is 11.9. The van der Waals surface area contributed by atoms with Crippen molar-refractivity contribution in [1.29, 1.82) is 0 Å². The van der Waals surface area contributed by atoms with Gasteiger partial charge in [-0.3, -0.25) is 4.79 Å². The van der Waals surface area contributed by atoms with Gasteiger partial charge < -0.3 is 4.74 Å². The molecule has 0 saturated heterocycles. The van der Waals surface area contributed by atoms with Crippen LogP contribution in [0.2, 0.25) is 0 Å². The summed E-state index contributed by atoms with van der Waals surface area (Å²) in [5, 5.41) is 3.87. The number of ether oxygens (including phenoxy) is 1. The Morgan fingerprint density at radius 2 is 1.71 bits per heavy atom. The van der Waals surface area contributed by atoms with Crippen LogP contribution in [-0.4, -0.2) is 14.3 Å². The number of benzene rings is 3. The molecule has 0 bridgehead atoms. The Balaban J connectivity index is 1.44. The van der Waals surface area contributed by atoms with Crippen LogP contribution in [0.4, 0.5) is 0 Å². The Hall–Kier alpha value is -3.42. The summed E-state index contributed by atoms with van der Waals surface area (Å²) in [7, 11) is -3.85. The van der Waals surface area contributed by atoms with E-state index in [0.29, 0.717) is 6.61 Å². The van der Waals surface area contributed by atoms with Gasteiger partial charge in [-0.25, -0.2) is 13.1 Å². The third-order valence-electron chi connectivity index (χ3n) is 4.58. The maximum absolute atomic E-state index is 12.2. The summed E-state index contributed by atoms with van der Waals surface area (Å²) in [6.07, 6.45) is 2.79. The fourth-order valence-corrected chi connectivity index (χ4v) is 4.98. The second kappa shape index (κ2) is 9.16. The third kappa shape index (κ3) is 5.20. The van der Waals surface area contributed by atoms with Crippen molar-refractivity contribution < 1.29 is 17.9 Å². The van der Waals surface area contributed by atoms with E-state index in [0.717, 1.165) is 39.0 Å². The molecule has 156 valence electrons. The number of sulfonamides is 1. The Bertz CT molecular complexity index is 1340. The third-order valence-corrected chi connectivity index (χ3v) is 7.32. The molecule has 0 saturated carbocycles. The smallest absolute Gasteiger partial charge is 0.273 e. The van der Waals surface area contributed by atoms with Crippen molar-refractivity contribution in [1.82, 2.24) is 4.72 Å². The fraction of sp³-hybridized carbons (Fsp3) is 0.0417. The monoisotopic (exact) mass is 449 g/mol. The lowest BCUT2D eigenvalue weighted by Gasteiger charge is -2.10. The van der Waals surface area contributed by atoms with Gasteiger partial charge in [0.25, 0.3) is 15.9 Å². The van der Waals surface area contributed by atoms with Gasteiger partial charge in [-0.2, -0.15) is 0 Å². The highest BCUT2D eigenvalue weighted by atomic mass is 32.2. The normalized spacial score (nSPS) is 11.6. The molecule has 0 aliphatic heterocycles. The lowest BCUT2D eigenvalue weighted by molar-refractivity contribution is -0.114. The minimum Gasteiger partial charge on any atom is -0.489 e. The Morgan fingerprint density at radius 3 is 2.52 bits per heavy atom. The Labute approximate surface area is 184 Å². The molecule has 4 rings (SSSR count). The average Bonchev–Trinajstić information content (AvgIpc) is 3.32. The van der Waals surface area contributed by atoms with Crippen molar-refractivity contribution in [3.05, 3.63) is 101 Å². The van der Waals surface area contributed by atoms with Crippen LogP contribution in [0.15, 0.2) is 94.5 Å². The van der Waals surface area contributed by atoms with Gasteiger partial charge in [0.1, 0.15) is 16.6 Å². The SMILES string of the molecule is O=C(/C=C/c1ccccc1COc1ccc2ccccc2c1)NS(=O)(=O)c1cccs1. The summed E-state index contributed by atoms with van der Waals surface area (Å²) in [4.78, 5) is 12.1. The molecule has 1 aromatic heterocycles. The minimum absolute atomic E-state index is 0.0958. The molecule has 0 fully saturated rings. The molecule has 5 nitrogen and oxygen atoms in total. The maximum Gasteiger partial charge on any atom is 0.273 e. The molecule has 1 N–H and O–H groups in total. The number of fused-ring (bicyclic) bond motifs is 1. The molecule has 0 radical (unpaired) electrons. The highest BCUT2D eigenvalue weighted by molar-refractivity contribution is 7.92. The highest BCUT2D eigenvalue weighted by Crippen LogP contribution is 2.22. The second-order valence-corrected chi connectivity index (χ2v) is 9.59. The summed E-state index contributed by atoms with van der Waals surface area (Å²) in [5.41, 5.74) is 1.65. The fourth-order valence-electron chi connectivity index (χ4n) is 3.05. The molecule has 0 atom stereocenters. The minimum atomic E-state index is -3.85. The number of carbonyl (C=O) groups is 1. The molecule has 3 aromatic carbocycles. The second-order valence-electron chi connectivity index (χ2n) is 6.73. The van der Waals surface area contributed by atoms with Crippen LogP contribution in [0.1, 0.15) is 11.1 Å². The maximum atomic E-state index is 12.2. The van der Waals surface area contributed by atoms with E-state index < -0.39 is 15.9 Å². The van der Waals surface area contributed by atoms with Gasteiger partial charge >= 0.3 is 0 Å². The molecule has 4 aromatic rings. The summed E-state index contributed by atoms with van der Waals surface area (Å²) in [5.74, 6) is 0.0379. The van der Waals surface area contributed by atoms with Crippen LogP contribution >= 0.6 is 11.3 Å². The number of carbonyl (C=O) groups excluding carboxylic acids is 1. The molecule has 7 heteroatoms. The zero-order valence-corrected chi connectivity index (χ0v) is 18.0. The molecule has 0 unspecified atom stereocenters. The topological polar surface area (TPSA) is 72.5 Å². The number of rotatable bonds is 7. The number of thiophene rings is 1. The average molecular weight is 450 g/mol. The van der Waals surface area contributed by atoms with Crippen LogP contribution in [0.25, 0.3) is 16.8 Å². The van der Waals surface area contributed by atoms with Crippen molar-refractivity contribution in [2.45, 2.75) is 10.8 Å². The van der Waals surface area contributed by atoms with Gasteiger partial charge in [0, 0.05) is 6.08 Å². The van der Waals surface area contributed by atoms with Crippen LogP contribution in [-0.2, 0) is 21.4 Å². The van der Waals surface area contributed by atoms with Crippen molar-refractivity contribution in [2.75, 3.05) is 0 Å². The van der Waals surface area contributed by atoms with E-state index in [1.165, 1.54) is 12.1 Å². The number of hydrogen-bond acceptors (Lipinski definition) is 5. The lowest BCUT2D eigenvalue weighted by Crippen LogP contribution is -2.28. The van der Waals surface area contributed by atoms with Crippen molar-refractivity contribution in [3.8, 4) is 5.75 Å². The van der Waals surface area contributed by atoms with Crippen molar-refractivity contribution in [2.24, 2.45) is 0 Å². The van der Waals surface area contributed by atoms with Gasteiger partial charge in [-0.1, -0.05) is 60.7 Å². The highest BCUT2D eigenvalue weighted by Gasteiger charge is 2.17. The van der Waals surface area contributed by atoms with Crippen LogP contribution in [0.3, 0.4) is 0 Å². The molecular formula is C24H19NO4S2. The first kappa shape index (κ1) is 20.8. The van der Waals surface area contributed by atoms with E-state index in [9.17, 15) is 13.2 Å². The lowest BCUT2D eigenvalue weighted by atomic mass is 10.1. The molecule has 0 aliphatic carbocycles. The summed E-state index contributed by atoms with van der Waals surface area (Å²) >= 11 is 1.05. The molecule has 0 spiro atoms. The largest absolute Gasteiger partial charge is 0.489 e. The van der Waals surface area contributed by atoms with Gasteiger partial charge in [0.2, 0.25) is 0 Å². The van der Waals surface area contributed by atoms with Gasteiger partial charge in [0.15, 0.2) is 0 Å². The van der Waals surface area contributed by atoms with Gasteiger partial charge in [-0.15, -0.1) is 11.3 Å². The Morgan fingerprint density at radius 1 is 0.935 bits per heavy atom. The zero-order chi connectivity index (χ0) is 21.7. The number of nitrogens with one attached hydrogen (secondary N) is 1. The first-order chi connectivity index (χ1) is 15.0. The standard InChI is InChI=1S/C24H19NO4S2/c26-23(25-31(27,28)24-10-5-15-30-24)14-12-19-7-2-4-9-21(19)17-29-22-13-11-18-6-1-3-8-20(18)16-22/h1-16H,17H2,(H,25,26)/b14-12+.